The Morgan fingerprint density at radius 1 is 1.36 bits per heavy atom. The molecule has 0 heterocycles. The van der Waals surface area contributed by atoms with Gasteiger partial charge in [0.1, 0.15) is 5.69 Å². The van der Waals surface area contributed by atoms with Gasteiger partial charge in [0.25, 0.3) is 5.69 Å². The lowest BCUT2D eigenvalue weighted by molar-refractivity contribution is -0.384. The Kier molecular flexibility index (Phi) is 5.92. The zero-order valence-electron chi connectivity index (χ0n) is 13.4. The topological polar surface area (TPSA) is 67.5 Å². The highest BCUT2D eigenvalue weighted by atomic mass is 16.6. The number of benzene rings is 1. The van der Waals surface area contributed by atoms with Crippen molar-refractivity contribution in [3.8, 4) is 0 Å². The van der Waals surface area contributed by atoms with Gasteiger partial charge in [-0.15, -0.1) is 0 Å². The summed E-state index contributed by atoms with van der Waals surface area (Å²) < 4.78 is 0. The summed E-state index contributed by atoms with van der Waals surface area (Å²) >= 11 is 0. The van der Waals surface area contributed by atoms with Crippen molar-refractivity contribution in [3.05, 3.63) is 33.9 Å². The molecular weight excluding hydrogens is 278 g/mol. The van der Waals surface area contributed by atoms with E-state index in [0.717, 1.165) is 18.4 Å². The first kappa shape index (κ1) is 16.5. The number of nitrogens with one attached hydrogen (secondary N) is 1. The van der Waals surface area contributed by atoms with Crippen LogP contribution in [0.3, 0.4) is 0 Å². The van der Waals surface area contributed by atoms with Gasteiger partial charge in [-0.05, 0) is 36.5 Å². The first-order valence-electron chi connectivity index (χ1n) is 8.11. The van der Waals surface area contributed by atoms with E-state index in [0.29, 0.717) is 24.2 Å². The quantitative estimate of drug-likeness (QED) is 0.480. The number of hydrogen-bond acceptors (Lipinski definition) is 4. The number of aliphatic imine (C=N–C) groups is 1. The molecule has 1 fully saturated rings. The molecule has 5 nitrogen and oxygen atoms in total. The molecule has 22 heavy (non-hydrogen) atoms. The van der Waals surface area contributed by atoms with Gasteiger partial charge < -0.3 is 5.32 Å². The second-order valence-electron chi connectivity index (χ2n) is 6.38. The Hall–Kier alpha value is -1.91. The molecule has 120 valence electrons. The van der Waals surface area contributed by atoms with Crippen molar-refractivity contribution in [3.63, 3.8) is 0 Å². The number of nitro groups is 1. The van der Waals surface area contributed by atoms with Crippen LogP contribution in [0, 0.1) is 16.0 Å². The molecule has 0 amide bonds. The van der Waals surface area contributed by atoms with Gasteiger partial charge in [0.15, 0.2) is 0 Å². The van der Waals surface area contributed by atoms with Crippen LogP contribution in [0.4, 0.5) is 11.4 Å². The minimum Gasteiger partial charge on any atom is -0.379 e. The van der Waals surface area contributed by atoms with Crippen molar-refractivity contribution in [1.29, 1.82) is 0 Å². The molecule has 0 unspecified atom stereocenters. The summed E-state index contributed by atoms with van der Waals surface area (Å²) in [6, 6.07) is 5.57. The third-order valence-corrected chi connectivity index (χ3v) is 3.93. The van der Waals surface area contributed by atoms with Crippen molar-refractivity contribution >= 4 is 17.6 Å². The average molecular weight is 303 g/mol. The fourth-order valence-electron chi connectivity index (χ4n) is 2.67. The van der Waals surface area contributed by atoms with Crippen LogP contribution in [0.25, 0.3) is 0 Å². The first-order valence-corrected chi connectivity index (χ1v) is 8.11. The average Bonchev–Trinajstić information content (AvgIpc) is 2.51. The van der Waals surface area contributed by atoms with Crippen LogP contribution < -0.4 is 5.32 Å². The molecule has 1 N–H and O–H groups in total. The summed E-state index contributed by atoms with van der Waals surface area (Å²) in [7, 11) is 0. The van der Waals surface area contributed by atoms with Crippen LogP contribution in [0.15, 0.2) is 23.2 Å². The molecule has 0 radical (unpaired) electrons. The molecule has 0 spiro atoms. The summed E-state index contributed by atoms with van der Waals surface area (Å²) in [6.07, 6.45) is 7.99. The van der Waals surface area contributed by atoms with Crippen molar-refractivity contribution in [1.82, 2.24) is 0 Å². The number of nitro benzene ring substituents is 1. The number of hydrogen-bond donors (Lipinski definition) is 1. The summed E-state index contributed by atoms with van der Waals surface area (Å²) in [5, 5.41) is 14.3. The number of nitrogens with zero attached hydrogens (tertiary/aromatic N) is 2. The highest BCUT2D eigenvalue weighted by molar-refractivity contribution is 5.83. The Bertz CT molecular complexity index is 535. The van der Waals surface area contributed by atoms with Crippen LogP contribution in [0.1, 0.15) is 51.5 Å². The van der Waals surface area contributed by atoms with Gasteiger partial charge in [-0.1, -0.05) is 33.1 Å². The van der Waals surface area contributed by atoms with Crippen molar-refractivity contribution in [2.75, 3.05) is 11.9 Å². The predicted octanol–water partition coefficient (Wildman–Crippen LogP) is 4.41. The molecule has 0 bridgehead atoms. The van der Waals surface area contributed by atoms with Crippen molar-refractivity contribution in [2.45, 2.75) is 52.0 Å². The maximum atomic E-state index is 11.1. The van der Waals surface area contributed by atoms with Crippen molar-refractivity contribution < 1.29 is 4.92 Å². The SMILES string of the molecule is CC(C)CNc1cc(C=NC2CCCCC2)ccc1[N+](=O)[O-]. The fraction of sp³-hybridized carbons (Fsp3) is 0.588. The predicted molar refractivity (Wildman–Crippen MR) is 90.9 cm³/mol. The molecule has 1 aliphatic carbocycles. The molecule has 0 aliphatic heterocycles. The van der Waals surface area contributed by atoms with E-state index in [1.54, 1.807) is 12.1 Å². The molecule has 1 aliphatic rings. The summed E-state index contributed by atoms with van der Waals surface area (Å²) in [5.41, 5.74) is 1.61. The molecule has 0 atom stereocenters. The zero-order chi connectivity index (χ0) is 15.9. The third kappa shape index (κ3) is 4.83. The third-order valence-electron chi connectivity index (χ3n) is 3.93. The second kappa shape index (κ2) is 7.92. The van der Waals surface area contributed by atoms with Crippen LogP contribution in [0.2, 0.25) is 0 Å². The summed E-state index contributed by atoms with van der Waals surface area (Å²) in [6.45, 7) is 4.87. The lowest BCUT2D eigenvalue weighted by Crippen LogP contribution is -2.11. The molecule has 0 saturated heterocycles. The van der Waals surface area contributed by atoms with Gasteiger partial charge in [0.05, 0.1) is 4.92 Å². The Labute approximate surface area is 132 Å². The molecular formula is C17H25N3O2. The fourth-order valence-corrected chi connectivity index (χ4v) is 2.67. The van der Waals surface area contributed by atoms with Crippen molar-refractivity contribution in [2.24, 2.45) is 10.9 Å². The van der Waals surface area contributed by atoms with Crippen LogP contribution >= 0.6 is 0 Å². The maximum Gasteiger partial charge on any atom is 0.292 e. The molecule has 2 rings (SSSR count). The van der Waals surface area contributed by atoms with Gasteiger partial charge in [-0.3, -0.25) is 15.1 Å². The molecule has 1 aromatic carbocycles. The standard InChI is InChI=1S/C17H25N3O2/c1-13(2)11-19-16-10-14(8-9-17(16)20(21)22)12-18-15-6-4-3-5-7-15/h8-10,12-13,15,19H,3-7,11H2,1-2H3. The van der Waals surface area contributed by atoms with Gasteiger partial charge in [-0.25, -0.2) is 0 Å². The summed E-state index contributed by atoms with van der Waals surface area (Å²) in [4.78, 5) is 15.4. The number of rotatable bonds is 6. The Balaban J connectivity index is 2.12. The molecule has 1 aromatic rings. The van der Waals surface area contributed by atoms with Crippen LogP contribution in [-0.2, 0) is 0 Å². The highest BCUT2D eigenvalue weighted by Gasteiger charge is 2.14. The van der Waals surface area contributed by atoms with Gasteiger partial charge >= 0.3 is 0 Å². The van der Waals surface area contributed by atoms with E-state index in [1.165, 1.54) is 19.3 Å². The molecule has 0 aromatic heterocycles. The largest absolute Gasteiger partial charge is 0.379 e. The number of anilines is 1. The minimum absolute atomic E-state index is 0.121. The van der Waals surface area contributed by atoms with E-state index in [9.17, 15) is 10.1 Å². The van der Waals surface area contributed by atoms with E-state index in [-0.39, 0.29) is 10.6 Å². The van der Waals surface area contributed by atoms with E-state index in [2.05, 4.69) is 24.2 Å². The van der Waals surface area contributed by atoms with Crippen LogP contribution in [-0.4, -0.2) is 23.7 Å². The second-order valence-corrected chi connectivity index (χ2v) is 6.38. The first-order chi connectivity index (χ1) is 10.6. The maximum absolute atomic E-state index is 11.1. The highest BCUT2D eigenvalue weighted by Crippen LogP contribution is 2.26. The Morgan fingerprint density at radius 2 is 2.09 bits per heavy atom. The van der Waals surface area contributed by atoms with E-state index in [1.807, 2.05) is 12.3 Å². The van der Waals surface area contributed by atoms with Gasteiger partial charge in [-0.2, -0.15) is 0 Å². The normalized spacial score (nSPS) is 16.3. The lowest BCUT2D eigenvalue weighted by Gasteiger charge is -2.17. The molecule has 1 saturated carbocycles. The van der Waals surface area contributed by atoms with Crippen LogP contribution in [0.5, 0.6) is 0 Å². The Morgan fingerprint density at radius 3 is 2.73 bits per heavy atom. The van der Waals surface area contributed by atoms with E-state index in [4.69, 9.17) is 0 Å². The minimum atomic E-state index is -0.343. The van der Waals surface area contributed by atoms with E-state index < -0.39 is 0 Å². The van der Waals surface area contributed by atoms with Gasteiger partial charge in [0.2, 0.25) is 0 Å². The molecule has 5 heteroatoms. The summed E-state index contributed by atoms with van der Waals surface area (Å²) in [5.74, 6) is 0.430. The smallest absolute Gasteiger partial charge is 0.292 e. The van der Waals surface area contributed by atoms with Gasteiger partial charge in [0, 0.05) is 24.9 Å². The zero-order valence-corrected chi connectivity index (χ0v) is 13.4. The van der Waals surface area contributed by atoms with E-state index >= 15 is 0 Å². The monoisotopic (exact) mass is 303 g/mol. The lowest BCUT2D eigenvalue weighted by atomic mass is 9.96.